The molecule has 1 aliphatic rings. The molecule has 0 N–H and O–H groups in total. The van der Waals surface area contributed by atoms with E-state index in [0.29, 0.717) is 13.0 Å². The van der Waals surface area contributed by atoms with Crippen LogP contribution in [0.15, 0.2) is 53.4 Å². The first kappa shape index (κ1) is 21.0. The summed E-state index contributed by atoms with van der Waals surface area (Å²) in [5.41, 5.74) is 1.01. The Labute approximate surface area is 170 Å². The Hall–Kier alpha value is -2.71. The van der Waals surface area contributed by atoms with Crippen LogP contribution in [0.1, 0.15) is 39.1 Å². The minimum atomic E-state index is -3.92. The highest BCUT2D eigenvalue weighted by atomic mass is 32.2. The van der Waals surface area contributed by atoms with Crippen molar-refractivity contribution in [2.75, 3.05) is 20.8 Å². The van der Waals surface area contributed by atoms with Gasteiger partial charge in [-0.3, -0.25) is 0 Å². The molecule has 0 bridgehead atoms. The maximum atomic E-state index is 13.4. The van der Waals surface area contributed by atoms with Crippen LogP contribution in [-0.4, -0.2) is 51.5 Å². The number of esters is 2. The van der Waals surface area contributed by atoms with Gasteiger partial charge in [0.1, 0.15) is 0 Å². The number of benzene rings is 2. The predicted octanol–water partition coefficient (Wildman–Crippen LogP) is 2.66. The zero-order valence-corrected chi connectivity index (χ0v) is 17.1. The summed E-state index contributed by atoms with van der Waals surface area (Å²) < 4.78 is 37.6. The second-order valence-corrected chi connectivity index (χ2v) is 8.72. The molecule has 8 heteroatoms. The molecule has 0 aromatic heterocycles. The van der Waals surface area contributed by atoms with Gasteiger partial charge < -0.3 is 9.47 Å². The van der Waals surface area contributed by atoms with Crippen molar-refractivity contribution in [3.63, 3.8) is 0 Å². The number of rotatable bonds is 6. The van der Waals surface area contributed by atoms with Crippen LogP contribution in [0, 0.1) is 0 Å². The molecule has 2 aromatic rings. The standard InChI is InChI=1S/C21H23NO6S/c1-27-20(23)16-12-17(21(24)28-2)14-19(13-16)29(25,26)22-10-6-9-18(22)11-15-7-4-3-5-8-15/h3-5,7-8,12-14,18H,6,9-11H2,1-2H3/t18-/m1/s1. The van der Waals surface area contributed by atoms with E-state index in [0.717, 1.165) is 18.4 Å². The SMILES string of the molecule is COC(=O)c1cc(C(=O)OC)cc(S(=O)(=O)N2CCC[C@@H]2Cc2ccccc2)c1. The quantitative estimate of drug-likeness (QED) is 0.672. The lowest BCUT2D eigenvalue weighted by atomic mass is 10.1. The highest BCUT2D eigenvalue weighted by molar-refractivity contribution is 7.89. The maximum Gasteiger partial charge on any atom is 0.337 e. The number of nitrogens with zero attached hydrogens (tertiary/aromatic N) is 1. The summed E-state index contributed by atoms with van der Waals surface area (Å²) in [6, 6.07) is 13.3. The molecule has 2 aromatic carbocycles. The van der Waals surface area contributed by atoms with Crippen LogP contribution < -0.4 is 0 Å². The number of sulfonamides is 1. The minimum absolute atomic E-state index is 0.0206. The highest BCUT2D eigenvalue weighted by Gasteiger charge is 2.36. The van der Waals surface area contributed by atoms with Crippen molar-refractivity contribution in [2.24, 2.45) is 0 Å². The van der Waals surface area contributed by atoms with Crippen molar-refractivity contribution in [1.29, 1.82) is 0 Å². The molecule has 7 nitrogen and oxygen atoms in total. The second-order valence-electron chi connectivity index (χ2n) is 6.83. The van der Waals surface area contributed by atoms with E-state index in [4.69, 9.17) is 9.47 Å². The molecule has 1 saturated heterocycles. The number of ether oxygens (including phenoxy) is 2. The monoisotopic (exact) mass is 417 g/mol. The van der Waals surface area contributed by atoms with Gasteiger partial charge in [0.25, 0.3) is 0 Å². The Morgan fingerprint density at radius 1 is 1.00 bits per heavy atom. The number of carbonyl (C=O) groups is 2. The zero-order chi connectivity index (χ0) is 21.0. The van der Waals surface area contributed by atoms with Gasteiger partial charge >= 0.3 is 11.9 Å². The smallest absolute Gasteiger partial charge is 0.337 e. The fraction of sp³-hybridized carbons (Fsp3) is 0.333. The topological polar surface area (TPSA) is 90.0 Å². The molecule has 3 rings (SSSR count). The summed E-state index contributed by atoms with van der Waals surface area (Å²) in [7, 11) is -1.53. The van der Waals surface area contributed by atoms with E-state index in [1.165, 1.54) is 36.7 Å². The molecule has 1 aliphatic heterocycles. The summed E-state index contributed by atoms with van der Waals surface area (Å²) in [6.07, 6.45) is 2.09. The molecule has 1 heterocycles. The third-order valence-electron chi connectivity index (χ3n) is 4.99. The molecule has 0 saturated carbocycles. The predicted molar refractivity (Wildman–Crippen MR) is 106 cm³/mol. The van der Waals surface area contributed by atoms with E-state index in [9.17, 15) is 18.0 Å². The van der Waals surface area contributed by atoms with Gasteiger partial charge in [-0.15, -0.1) is 0 Å². The van der Waals surface area contributed by atoms with Gasteiger partial charge in [0.2, 0.25) is 10.0 Å². The Morgan fingerprint density at radius 3 is 2.14 bits per heavy atom. The van der Waals surface area contributed by atoms with Gasteiger partial charge in [-0.05, 0) is 43.0 Å². The molecule has 0 radical (unpaired) electrons. The first-order valence-electron chi connectivity index (χ1n) is 9.24. The molecule has 1 atom stereocenters. The lowest BCUT2D eigenvalue weighted by Gasteiger charge is -2.24. The van der Waals surface area contributed by atoms with E-state index in [1.807, 2.05) is 30.3 Å². The Morgan fingerprint density at radius 2 is 1.59 bits per heavy atom. The lowest BCUT2D eigenvalue weighted by Crippen LogP contribution is -2.37. The second kappa shape index (κ2) is 8.75. The van der Waals surface area contributed by atoms with Crippen LogP contribution in [-0.2, 0) is 25.9 Å². The fourth-order valence-electron chi connectivity index (χ4n) is 3.57. The van der Waals surface area contributed by atoms with Crippen molar-refractivity contribution in [3.8, 4) is 0 Å². The van der Waals surface area contributed by atoms with E-state index in [-0.39, 0.29) is 22.1 Å². The Bertz CT molecular complexity index is 969. The van der Waals surface area contributed by atoms with E-state index >= 15 is 0 Å². The average molecular weight is 417 g/mol. The van der Waals surface area contributed by atoms with Gasteiger partial charge in [-0.1, -0.05) is 30.3 Å². The van der Waals surface area contributed by atoms with Crippen molar-refractivity contribution in [1.82, 2.24) is 4.31 Å². The molecular formula is C21H23NO6S. The van der Waals surface area contributed by atoms with Crippen LogP contribution >= 0.6 is 0 Å². The first-order valence-corrected chi connectivity index (χ1v) is 10.7. The molecule has 0 unspecified atom stereocenters. The van der Waals surface area contributed by atoms with Gasteiger partial charge in [0, 0.05) is 12.6 Å². The minimum Gasteiger partial charge on any atom is -0.465 e. The van der Waals surface area contributed by atoms with E-state index in [1.54, 1.807) is 0 Å². The van der Waals surface area contributed by atoms with Crippen molar-refractivity contribution >= 4 is 22.0 Å². The fourth-order valence-corrected chi connectivity index (χ4v) is 5.34. The van der Waals surface area contributed by atoms with E-state index in [2.05, 4.69) is 0 Å². The van der Waals surface area contributed by atoms with Crippen LogP contribution in [0.4, 0.5) is 0 Å². The van der Waals surface area contributed by atoms with Crippen LogP contribution in [0.2, 0.25) is 0 Å². The molecule has 154 valence electrons. The first-order chi connectivity index (χ1) is 13.9. The van der Waals surface area contributed by atoms with Crippen molar-refractivity contribution < 1.29 is 27.5 Å². The molecule has 0 aliphatic carbocycles. The van der Waals surface area contributed by atoms with Crippen LogP contribution in [0.5, 0.6) is 0 Å². The van der Waals surface area contributed by atoms with Crippen molar-refractivity contribution in [2.45, 2.75) is 30.2 Å². The van der Waals surface area contributed by atoms with Crippen LogP contribution in [0.25, 0.3) is 0 Å². The van der Waals surface area contributed by atoms with Gasteiger partial charge in [0.05, 0.1) is 30.2 Å². The van der Waals surface area contributed by atoms with Gasteiger partial charge in [-0.2, -0.15) is 4.31 Å². The van der Waals surface area contributed by atoms with Crippen molar-refractivity contribution in [3.05, 3.63) is 65.2 Å². The average Bonchev–Trinajstić information content (AvgIpc) is 3.21. The molecular weight excluding hydrogens is 394 g/mol. The maximum absolute atomic E-state index is 13.4. The summed E-state index contributed by atoms with van der Waals surface area (Å²) in [5.74, 6) is -1.45. The van der Waals surface area contributed by atoms with E-state index < -0.39 is 22.0 Å². The Balaban J connectivity index is 1.99. The van der Waals surface area contributed by atoms with Crippen LogP contribution in [0.3, 0.4) is 0 Å². The third kappa shape index (κ3) is 4.49. The lowest BCUT2D eigenvalue weighted by molar-refractivity contribution is 0.0598. The van der Waals surface area contributed by atoms with Gasteiger partial charge in [0.15, 0.2) is 0 Å². The summed E-state index contributed by atoms with van der Waals surface area (Å²) in [5, 5.41) is 0. The third-order valence-corrected chi connectivity index (χ3v) is 6.92. The Kier molecular flexibility index (Phi) is 6.34. The normalized spacial score (nSPS) is 17.1. The number of hydrogen-bond donors (Lipinski definition) is 0. The summed E-state index contributed by atoms with van der Waals surface area (Å²) in [6.45, 7) is 0.385. The molecule has 0 spiro atoms. The summed E-state index contributed by atoms with van der Waals surface area (Å²) in [4.78, 5) is 23.9. The molecule has 29 heavy (non-hydrogen) atoms. The van der Waals surface area contributed by atoms with Gasteiger partial charge in [-0.25, -0.2) is 18.0 Å². The number of carbonyl (C=O) groups excluding carboxylic acids is 2. The summed E-state index contributed by atoms with van der Waals surface area (Å²) >= 11 is 0. The number of hydrogen-bond acceptors (Lipinski definition) is 6. The largest absolute Gasteiger partial charge is 0.465 e. The molecule has 1 fully saturated rings. The number of methoxy groups -OCH3 is 2. The highest BCUT2D eigenvalue weighted by Crippen LogP contribution is 2.29. The zero-order valence-electron chi connectivity index (χ0n) is 16.3. The molecule has 0 amide bonds.